The summed E-state index contributed by atoms with van der Waals surface area (Å²) in [6.45, 7) is 15.4. The molecule has 2 aromatic heterocycles. The van der Waals surface area contributed by atoms with E-state index in [0.29, 0.717) is 0 Å². The molecule has 9 heteroatoms. The van der Waals surface area contributed by atoms with Gasteiger partial charge >= 0.3 is 6.09 Å². The predicted molar refractivity (Wildman–Crippen MR) is 160 cm³/mol. The molecule has 1 spiro atoms. The first-order chi connectivity index (χ1) is 19.4. The SMILES string of the molecule is Cc1sc2c(c1C)C(c1ccc(C3CCC4(CC3)CCN(C(=O)OC(C)(C)C)C4)c(F)c1)=N[C@@H](C)c1nnc(C)n1-2. The Hall–Kier alpha value is -3.07. The smallest absolute Gasteiger partial charge is 0.410 e. The number of aryl methyl sites for hydroxylation is 2. The monoisotopic (exact) mass is 577 g/mol. The van der Waals surface area contributed by atoms with Crippen LogP contribution in [0.25, 0.3) is 5.00 Å². The van der Waals surface area contributed by atoms with E-state index in [0.717, 1.165) is 89.8 Å². The summed E-state index contributed by atoms with van der Waals surface area (Å²) in [6.07, 6.45) is 4.62. The lowest BCUT2D eigenvalue weighted by molar-refractivity contribution is 0.0260. The van der Waals surface area contributed by atoms with E-state index in [-0.39, 0.29) is 29.3 Å². The van der Waals surface area contributed by atoms with E-state index < -0.39 is 5.60 Å². The molecule has 41 heavy (non-hydrogen) atoms. The third kappa shape index (κ3) is 5.00. The Morgan fingerprint density at radius 1 is 1.12 bits per heavy atom. The maximum Gasteiger partial charge on any atom is 0.410 e. The fraction of sp³-hybridized carbons (Fsp3) is 0.562. The van der Waals surface area contributed by atoms with Gasteiger partial charge in [-0.25, -0.2) is 9.18 Å². The number of rotatable bonds is 2. The maximum atomic E-state index is 15.9. The highest BCUT2D eigenvalue weighted by Crippen LogP contribution is 2.49. The molecule has 3 aliphatic rings. The Morgan fingerprint density at radius 2 is 1.85 bits per heavy atom. The number of hydrogen-bond donors (Lipinski definition) is 0. The third-order valence-electron chi connectivity index (χ3n) is 9.20. The van der Waals surface area contributed by atoms with E-state index in [2.05, 4.69) is 28.6 Å². The van der Waals surface area contributed by atoms with Crippen molar-refractivity contribution >= 4 is 23.1 Å². The van der Waals surface area contributed by atoms with E-state index >= 15 is 4.39 Å². The number of aliphatic imine (C=N–C) groups is 1. The van der Waals surface area contributed by atoms with Crippen molar-refractivity contribution in [2.24, 2.45) is 10.4 Å². The minimum atomic E-state index is -0.491. The van der Waals surface area contributed by atoms with Gasteiger partial charge in [0.2, 0.25) is 0 Å². The number of carbonyl (C=O) groups is 1. The molecule has 2 fully saturated rings. The topological polar surface area (TPSA) is 72.6 Å². The van der Waals surface area contributed by atoms with Gasteiger partial charge in [-0.1, -0.05) is 12.1 Å². The van der Waals surface area contributed by atoms with Gasteiger partial charge in [0.05, 0.1) is 5.71 Å². The molecule has 0 N–H and O–H groups in total. The van der Waals surface area contributed by atoms with E-state index in [4.69, 9.17) is 9.73 Å². The molecule has 0 radical (unpaired) electrons. The lowest BCUT2D eigenvalue weighted by Crippen LogP contribution is -2.37. The Kier molecular flexibility index (Phi) is 6.87. The zero-order valence-corrected chi connectivity index (χ0v) is 26.0. The second-order valence-electron chi connectivity index (χ2n) is 13.2. The van der Waals surface area contributed by atoms with Crippen LogP contribution in [0, 0.1) is 32.0 Å². The summed E-state index contributed by atoms with van der Waals surface area (Å²) in [5, 5.41) is 9.80. The van der Waals surface area contributed by atoms with Crippen LogP contribution < -0.4 is 0 Å². The summed E-state index contributed by atoms with van der Waals surface area (Å²) in [4.78, 5) is 20.8. The van der Waals surface area contributed by atoms with Gasteiger partial charge in [-0.05, 0) is 109 Å². The van der Waals surface area contributed by atoms with Gasteiger partial charge in [0.15, 0.2) is 5.82 Å². The highest BCUT2D eigenvalue weighted by atomic mass is 32.1. The van der Waals surface area contributed by atoms with Gasteiger partial charge in [0, 0.05) is 29.1 Å². The Morgan fingerprint density at radius 3 is 2.54 bits per heavy atom. The molecular formula is C32H40FN5O2S. The van der Waals surface area contributed by atoms with Crippen molar-refractivity contribution in [2.45, 2.75) is 98.1 Å². The molecule has 2 aliphatic heterocycles. The fourth-order valence-corrected chi connectivity index (χ4v) is 8.07. The van der Waals surface area contributed by atoms with E-state index in [1.807, 2.05) is 51.7 Å². The van der Waals surface area contributed by atoms with Crippen molar-refractivity contribution in [1.82, 2.24) is 19.7 Å². The number of thiophene rings is 1. The number of ether oxygens (including phenoxy) is 1. The van der Waals surface area contributed by atoms with Gasteiger partial charge in [-0.3, -0.25) is 9.56 Å². The summed E-state index contributed by atoms with van der Waals surface area (Å²) in [5.41, 5.74) is 4.25. The summed E-state index contributed by atoms with van der Waals surface area (Å²) in [7, 11) is 0. The quantitative estimate of drug-likeness (QED) is 0.315. The van der Waals surface area contributed by atoms with Crippen molar-refractivity contribution in [3.05, 3.63) is 62.8 Å². The lowest BCUT2D eigenvalue weighted by Gasteiger charge is -2.37. The first-order valence-corrected chi connectivity index (χ1v) is 15.6. The van der Waals surface area contributed by atoms with Gasteiger partial charge in [0.25, 0.3) is 0 Å². The Bertz CT molecular complexity index is 1540. The first kappa shape index (κ1) is 28.1. The summed E-state index contributed by atoms with van der Waals surface area (Å²) in [5.74, 6) is 1.66. The van der Waals surface area contributed by atoms with Gasteiger partial charge in [-0.2, -0.15) is 0 Å². The van der Waals surface area contributed by atoms with Crippen LogP contribution in [0.5, 0.6) is 0 Å². The van der Waals surface area contributed by atoms with E-state index in [1.54, 1.807) is 17.4 Å². The van der Waals surface area contributed by atoms with Crippen molar-refractivity contribution in [3.63, 3.8) is 0 Å². The molecule has 1 saturated heterocycles. The zero-order valence-electron chi connectivity index (χ0n) is 25.2. The van der Waals surface area contributed by atoms with Crippen LogP contribution in [0.2, 0.25) is 0 Å². The van der Waals surface area contributed by atoms with Crippen LogP contribution in [-0.4, -0.2) is 50.2 Å². The fourth-order valence-electron chi connectivity index (χ4n) is 6.85. The van der Waals surface area contributed by atoms with Crippen LogP contribution in [0.1, 0.15) is 111 Å². The standard InChI is InChI=1S/C32H40FN5O2S/c1-18-20(3)41-29-26(18)27(34-19(2)28-36-35-21(4)38(28)29)23-8-9-24(25(33)16-23)22-10-12-32(13-11-22)14-15-37(17-32)30(39)40-31(5,6)7/h8-9,16,19,22H,10-15,17H2,1-7H3/t19-,22?,32?/m0/s1. The Labute approximate surface area is 245 Å². The second-order valence-corrected chi connectivity index (χ2v) is 14.4. The van der Waals surface area contributed by atoms with Crippen LogP contribution >= 0.6 is 11.3 Å². The summed E-state index contributed by atoms with van der Waals surface area (Å²) in [6, 6.07) is 5.51. The molecule has 4 heterocycles. The van der Waals surface area contributed by atoms with Crippen LogP contribution in [-0.2, 0) is 4.74 Å². The molecule has 0 bridgehead atoms. The van der Waals surface area contributed by atoms with Gasteiger partial charge in [0.1, 0.15) is 28.3 Å². The number of aromatic nitrogens is 3. The maximum absolute atomic E-state index is 15.9. The average Bonchev–Trinajstić information content (AvgIpc) is 3.56. The molecule has 0 unspecified atom stereocenters. The number of carbonyl (C=O) groups excluding carboxylic acids is 1. The van der Waals surface area contributed by atoms with Crippen LogP contribution in [0.4, 0.5) is 9.18 Å². The summed E-state index contributed by atoms with van der Waals surface area (Å²) < 4.78 is 23.6. The van der Waals surface area contributed by atoms with E-state index in [1.165, 1.54) is 4.88 Å². The molecule has 1 aliphatic carbocycles. The number of benzene rings is 1. The molecule has 7 nitrogen and oxygen atoms in total. The average molecular weight is 578 g/mol. The van der Waals surface area contributed by atoms with E-state index in [9.17, 15) is 4.79 Å². The minimum absolute atomic E-state index is 0.122. The third-order valence-corrected chi connectivity index (χ3v) is 10.4. The molecule has 6 rings (SSSR count). The second kappa shape index (κ2) is 10.0. The molecule has 1 saturated carbocycles. The first-order valence-electron chi connectivity index (χ1n) is 14.7. The van der Waals surface area contributed by atoms with Gasteiger partial charge < -0.3 is 9.64 Å². The van der Waals surface area contributed by atoms with Gasteiger partial charge in [-0.15, -0.1) is 21.5 Å². The molecule has 1 amide bonds. The minimum Gasteiger partial charge on any atom is -0.444 e. The number of amides is 1. The van der Waals surface area contributed by atoms with Crippen molar-refractivity contribution in [2.75, 3.05) is 13.1 Å². The number of fused-ring (bicyclic) bond motifs is 3. The van der Waals surface area contributed by atoms with Crippen molar-refractivity contribution in [1.29, 1.82) is 0 Å². The summed E-state index contributed by atoms with van der Waals surface area (Å²) >= 11 is 1.71. The lowest BCUT2D eigenvalue weighted by atomic mass is 9.68. The number of halogens is 1. The zero-order chi connectivity index (χ0) is 29.3. The molecule has 3 aromatic rings. The molecular weight excluding hydrogens is 537 g/mol. The largest absolute Gasteiger partial charge is 0.444 e. The Balaban J connectivity index is 1.22. The number of hydrogen-bond acceptors (Lipinski definition) is 6. The van der Waals surface area contributed by atoms with Crippen molar-refractivity contribution in [3.8, 4) is 5.00 Å². The van der Waals surface area contributed by atoms with Crippen molar-refractivity contribution < 1.29 is 13.9 Å². The molecule has 1 atom stereocenters. The highest BCUT2D eigenvalue weighted by molar-refractivity contribution is 7.15. The predicted octanol–water partition coefficient (Wildman–Crippen LogP) is 7.59. The molecule has 1 aromatic carbocycles. The molecule has 218 valence electrons. The van der Waals surface area contributed by atoms with Crippen LogP contribution in [0.15, 0.2) is 23.2 Å². The number of likely N-dealkylation sites (tertiary alicyclic amines) is 1. The van der Waals surface area contributed by atoms with Crippen LogP contribution in [0.3, 0.4) is 0 Å². The number of nitrogens with zero attached hydrogens (tertiary/aromatic N) is 5. The normalized spacial score (nSPS) is 24.2. The highest BCUT2D eigenvalue weighted by Gasteiger charge is 2.44.